The van der Waals surface area contributed by atoms with E-state index in [1.807, 2.05) is 6.92 Å². The van der Waals surface area contributed by atoms with Gasteiger partial charge in [-0.05, 0) is 62.6 Å². The van der Waals surface area contributed by atoms with Crippen molar-refractivity contribution in [2.45, 2.75) is 45.6 Å². The summed E-state index contributed by atoms with van der Waals surface area (Å²) in [5.41, 5.74) is 2.47. The van der Waals surface area contributed by atoms with Crippen molar-refractivity contribution in [2.24, 2.45) is 0 Å². The highest BCUT2D eigenvalue weighted by molar-refractivity contribution is 6.32. The summed E-state index contributed by atoms with van der Waals surface area (Å²) in [5.74, 6) is -2.40. The van der Waals surface area contributed by atoms with Crippen LogP contribution in [0.1, 0.15) is 53.0 Å². The minimum atomic E-state index is -1.08. The number of halogens is 1. The Labute approximate surface area is 189 Å². The van der Waals surface area contributed by atoms with Crippen molar-refractivity contribution < 1.29 is 24.3 Å². The number of aromatic nitrogens is 1. The van der Waals surface area contributed by atoms with Gasteiger partial charge in [0.05, 0.1) is 16.3 Å². The van der Waals surface area contributed by atoms with E-state index in [-0.39, 0.29) is 17.2 Å². The van der Waals surface area contributed by atoms with Crippen LogP contribution in [0.3, 0.4) is 0 Å². The molecule has 1 saturated heterocycles. The van der Waals surface area contributed by atoms with Gasteiger partial charge in [0.2, 0.25) is 0 Å². The molecule has 4 amide bonds. The second kappa shape index (κ2) is 8.27. The van der Waals surface area contributed by atoms with Gasteiger partial charge in [-0.25, -0.2) is 9.59 Å². The molecule has 0 spiro atoms. The Morgan fingerprint density at radius 2 is 1.84 bits per heavy atom. The maximum atomic E-state index is 13.1. The van der Waals surface area contributed by atoms with Gasteiger partial charge in [-0.2, -0.15) is 0 Å². The molecule has 1 aliphatic carbocycles. The van der Waals surface area contributed by atoms with Crippen LogP contribution in [0, 0.1) is 13.8 Å². The fraction of sp³-hybridized carbons (Fsp3) is 0.304. The third-order valence-corrected chi connectivity index (χ3v) is 6.35. The zero-order valence-electron chi connectivity index (χ0n) is 17.6. The molecular formula is C23H22ClN3O5. The normalized spacial score (nSPS) is 18.5. The number of imide groups is 2. The predicted molar refractivity (Wildman–Crippen MR) is 118 cm³/mol. The van der Waals surface area contributed by atoms with Crippen LogP contribution in [-0.2, 0) is 9.59 Å². The fourth-order valence-electron chi connectivity index (χ4n) is 4.44. The van der Waals surface area contributed by atoms with Crippen molar-refractivity contribution in [1.29, 1.82) is 0 Å². The van der Waals surface area contributed by atoms with E-state index in [0.29, 0.717) is 22.0 Å². The molecule has 1 aromatic carbocycles. The second-order valence-corrected chi connectivity index (χ2v) is 8.47. The van der Waals surface area contributed by atoms with Crippen molar-refractivity contribution in [2.75, 3.05) is 0 Å². The van der Waals surface area contributed by atoms with Crippen LogP contribution < -0.4 is 5.32 Å². The largest absolute Gasteiger partial charge is 0.478 e. The van der Waals surface area contributed by atoms with Gasteiger partial charge >= 0.3 is 12.0 Å². The minimum absolute atomic E-state index is 0.0874. The molecule has 166 valence electrons. The first-order chi connectivity index (χ1) is 15.2. The third kappa shape index (κ3) is 3.71. The SMILES string of the molecule is Cc1cc(/C=C2\C(=O)NC(=O)N(C3CCCC3)C2=O)c(C)n1-c1cc(C(=O)O)ccc1Cl. The first-order valence-corrected chi connectivity index (χ1v) is 10.7. The van der Waals surface area contributed by atoms with Crippen LogP contribution in [0.15, 0.2) is 29.8 Å². The van der Waals surface area contributed by atoms with E-state index < -0.39 is 23.8 Å². The summed E-state index contributed by atoms with van der Waals surface area (Å²) in [5, 5.41) is 12.0. The molecule has 2 fully saturated rings. The van der Waals surface area contributed by atoms with Gasteiger partial charge < -0.3 is 9.67 Å². The van der Waals surface area contributed by atoms with Crippen molar-refractivity contribution in [3.8, 4) is 5.69 Å². The third-order valence-electron chi connectivity index (χ3n) is 6.03. The average molecular weight is 456 g/mol. The monoisotopic (exact) mass is 455 g/mol. The Hall–Kier alpha value is -3.39. The molecule has 8 nitrogen and oxygen atoms in total. The van der Waals surface area contributed by atoms with Gasteiger partial charge in [0.1, 0.15) is 5.57 Å². The lowest BCUT2D eigenvalue weighted by molar-refractivity contribution is -0.131. The number of barbiturate groups is 1. The van der Waals surface area contributed by atoms with Gasteiger partial charge in [-0.15, -0.1) is 0 Å². The van der Waals surface area contributed by atoms with E-state index in [0.717, 1.165) is 36.3 Å². The number of carboxylic acids is 1. The van der Waals surface area contributed by atoms with E-state index >= 15 is 0 Å². The smallest absolute Gasteiger partial charge is 0.335 e. The number of urea groups is 1. The highest BCUT2D eigenvalue weighted by Crippen LogP contribution is 2.30. The molecule has 2 aromatic rings. The molecule has 1 aliphatic heterocycles. The molecule has 0 atom stereocenters. The molecule has 2 heterocycles. The van der Waals surface area contributed by atoms with Gasteiger partial charge in [0.25, 0.3) is 11.8 Å². The molecule has 9 heteroatoms. The van der Waals surface area contributed by atoms with Crippen molar-refractivity contribution >= 4 is 41.5 Å². The first kappa shape index (κ1) is 21.8. The average Bonchev–Trinajstić information content (AvgIpc) is 3.34. The van der Waals surface area contributed by atoms with E-state index in [1.165, 1.54) is 24.3 Å². The lowest BCUT2D eigenvalue weighted by Crippen LogP contribution is -2.57. The van der Waals surface area contributed by atoms with Crippen LogP contribution >= 0.6 is 11.6 Å². The number of nitrogens with one attached hydrogen (secondary N) is 1. The number of aromatic carboxylic acids is 1. The van der Waals surface area contributed by atoms with Crippen LogP contribution in [0.4, 0.5) is 4.79 Å². The Balaban J connectivity index is 1.76. The fourth-order valence-corrected chi connectivity index (χ4v) is 4.64. The first-order valence-electron chi connectivity index (χ1n) is 10.3. The van der Waals surface area contributed by atoms with Gasteiger partial charge in [-0.1, -0.05) is 24.4 Å². The lowest BCUT2D eigenvalue weighted by atomic mass is 10.1. The molecule has 0 unspecified atom stereocenters. The summed E-state index contributed by atoms with van der Waals surface area (Å²) in [6.07, 6.45) is 4.80. The topological polar surface area (TPSA) is 109 Å². The Morgan fingerprint density at radius 3 is 2.50 bits per heavy atom. The zero-order chi connectivity index (χ0) is 23.2. The summed E-state index contributed by atoms with van der Waals surface area (Å²) in [4.78, 5) is 50.4. The molecular weight excluding hydrogens is 434 g/mol. The number of carbonyl (C=O) groups excluding carboxylic acids is 3. The molecule has 1 aromatic heterocycles. The standard InChI is InChI=1S/C23H22ClN3O5/c1-12-9-15(13(2)26(12)19-11-14(22(30)31)7-8-18(19)24)10-17-20(28)25-23(32)27(21(17)29)16-5-3-4-6-16/h7-11,16H,3-6H2,1-2H3,(H,30,31)(H,25,28,32)/b17-10+. The van der Waals surface area contributed by atoms with E-state index in [1.54, 1.807) is 17.6 Å². The lowest BCUT2D eigenvalue weighted by Gasteiger charge is -2.31. The number of hydrogen-bond donors (Lipinski definition) is 2. The molecule has 2 aliphatic rings. The van der Waals surface area contributed by atoms with Crippen molar-refractivity contribution in [3.05, 3.63) is 57.4 Å². The minimum Gasteiger partial charge on any atom is -0.478 e. The van der Waals surface area contributed by atoms with Crippen LogP contribution in [-0.4, -0.2) is 44.4 Å². The number of amides is 4. The van der Waals surface area contributed by atoms with Crippen LogP contribution in [0.2, 0.25) is 5.02 Å². The van der Waals surface area contributed by atoms with Crippen molar-refractivity contribution in [3.63, 3.8) is 0 Å². The Bertz CT molecular complexity index is 1190. The molecule has 0 radical (unpaired) electrons. The van der Waals surface area contributed by atoms with Gasteiger partial charge in [0.15, 0.2) is 0 Å². The van der Waals surface area contributed by atoms with Crippen molar-refractivity contribution in [1.82, 2.24) is 14.8 Å². The summed E-state index contributed by atoms with van der Waals surface area (Å²) < 4.78 is 1.77. The Morgan fingerprint density at radius 1 is 1.16 bits per heavy atom. The Kier molecular flexibility index (Phi) is 5.64. The summed E-state index contributed by atoms with van der Waals surface area (Å²) >= 11 is 6.34. The predicted octanol–water partition coefficient (Wildman–Crippen LogP) is 3.85. The summed E-state index contributed by atoms with van der Waals surface area (Å²) in [6, 6.07) is 5.31. The summed E-state index contributed by atoms with van der Waals surface area (Å²) in [6.45, 7) is 3.60. The number of carbonyl (C=O) groups is 4. The quantitative estimate of drug-likeness (QED) is 0.537. The van der Waals surface area contributed by atoms with E-state index in [9.17, 15) is 24.3 Å². The number of hydrogen-bond acceptors (Lipinski definition) is 4. The number of aryl methyl sites for hydroxylation is 1. The van der Waals surface area contributed by atoms with Gasteiger partial charge in [0, 0.05) is 17.4 Å². The molecule has 32 heavy (non-hydrogen) atoms. The maximum Gasteiger partial charge on any atom is 0.335 e. The van der Waals surface area contributed by atoms with E-state index in [2.05, 4.69) is 5.32 Å². The highest BCUT2D eigenvalue weighted by Gasteiger charge is 2.40. The summed E-state index contributed by atoms with van der Waals surface area (Å²) in [7, 11) is 0. The number of benzene rings is 1. The van der Waals surface area contributed by atoms with Crippen LogP contribution in [0.25, 0.3) is 11.8 Å². The van der Waals surface area contributed by atoms with Crippen LogP contribution in [0.5, 0.6) is 0 Å². The molecule has 0 bridgehead atoms. The molecule has 1 saturated carbocycles. The zero-order valence-corrected chi connectivity index (χ0v) is 18.4. The number of nitrogens with zero attached hydrogens (tertiary/aromatic N) is 2. The van der Waals surface area contributed by atoms with E-state index in [4.69, 9.17) is 11.6 Å². The van der Waals surface area contributed by atoms with Gasteiger partial charge in [-0.3, -0.25) is 19.8 Å². The second-order valence-electron chi connectivity index (χ2n) is 8.06. The number of rotatable bonds is 4. The maximum absolute atomic E-state index is 13.1. The highest BCUT2D eigenvalue weighted by atomic mass is 35.5. The number of carboxylic acid groups (broad SMARTS) is 1. The molecule has 2 N–H and O–H groups in total. The molecule has 4 rings (SSSR count).